The summed E-state index contributed by atoms with van der Waals surface area (Å²) in [4.78, 5) is 47.5. The Kier molecular flexibility index (Phi) is 4.13. The van der Waals surface area contributed by atoms with Crippen LogP contribution in [0.4, 0.5) is 16.2 Å². The summed E-state index contributed by atoms with van der Waals surface area (Å²) in [6, 6.07) is 4.58. The maximum absolute atomic E-state index is 12.1. The molecule has 1 unspecified atom stereocenters. The number of imide groups is 2. The van der Waals surface area contributed by atoms with Crippen molar-refractivity contribution in [2.75, 3.05) is 24.5 Å². The minimum atomic E-state index is -1.05. The number of hydrogen-bond donors (Lipinski definition) is 3. The van der Waals surface area contributed by atoms with Gasteiger partial charge in [0.25, 0.3) is 5.69 Å². The molecule has 1 aromatic rings. The summed E-state index contributed by atoms with van der Waals surface area (Å²) >= 11 is 0. The van der Waals surface area contributed by atoms with Crippen LogP contribution in [-0.4, -0.2) is 48.4 Å². The standard InChI is InChI=1S/C14H15N5O5/c20-12-11(13(21)17-14(22)16-12)10-7-15-5-6-18(10)8-1-3-9(4-2-8)19(23)24/h1-4,10-11,15H,5-7H2,(H2,16,17,20,21,22). The van der Waals surface area contributed by atoms with Crippen molar-refractivity contribution in [3.8, 4) is 0 Å². The zero-order valence-corrected chi connectivity index (χ0v) is 12.5. The van der Waals surface area contributed by atoms with Crippen molar-refractivity contribution in [3.63, 3.8) is 0 Å². The third-order valence-corrected chi connectivity index (χ3v) is 4.10. The normalized spacial score (nSPS) is 22.1. The molecule has 0 bridgehead atoms. The molecule has 10 nitrogen and oxygen atoms in total. The van der Waals surface area contributed by atoms with Crippen molar-refractivity contribution in [1.82, 2.24) is 16.0 Å². The van der Waals surface area contributed by atoms with Gasteiger partial charge >= 0.3 is 6.03 Å². The third-order valence-electron chi connectivity index (χ3n) is 4.10. The first kappa shape index (κ1) is 15.9. The third kappa shape index (κ3) is 2.91. The van der Waals surface area contributed by atoms with Gasteiger partial charge in [-0.05, 0) is 12.1 Å². The van der Waals surface area contributed by atoms with Gasteiger partial charge in [-0.1, -0.05) is 0 Å². The van der Waals surface area contributed by atoms with Crippen LogP contribution in [0.25, 0.3) is 0 Å². The smallest absolute Gasteiger partial charge is 0.328 e. The highest BCUT2D eigenvalue weighted by Crippen LogP contribution is 2.26. The number of carbonyl (C=O) groups is 3. The molecule has 0 aromatic heterocycles. The highest BCUT2D eigenvalue weighted by Gasteiger charge is 2.43. The lowest BCUT2D eigenvalue weighted by atomic mass is 9.92. The topological polar surface area (TPSA) is 134 Å². The van der Waals surface area contributed by atoms with Gasteiger partial charge in [0.1, 0.15) is 5.92 Å². The van der Waals surface area contributed by atoms with Gasteiger partial charge in [0.15, 0.2) is 0 Å². The van der Waals surface area contributed by atoms with E-state index in [1.54, 1.807) is 12.1 Å². The van der Waals surface area contributed by atoms with Crippen molar-refractivity contribution in [1.29, 1.82) is 0 Å². The minimum Gasteiger partial charge on any atom is -0.365 e. The molecule has 0 radical (unpaired) electrons. The van der Waals surface area contributed by atoms with E-state index in [1.165, 1.54) is 12.1 Å². The lowest BCUT2D eigenvalue weighted by molar-refractivity contribution is -0.384. The van der Waals surface area contributed by atoms with Crippen LogP contribution in [0.3, 0.4) is 0 Å². The Hall–Kier alpha value is -3.01. The van der Waals surface area contributed by atoms with Gasteiger partial charge in [-0.3, -0.25) is 30.3 Å². The van der Waals surface area contributed by atoms with Crippen LogP contribution >= 0.6 is 0 Å². The minimum absolute atomic E-state index is 0.0378. The fourth-order valence-corrected chi connectivity index (χ4v) is 2.99. The molecule has 2 aliphatic heterocycles. The van der Waals surface area contributed by atoms with Gasteiger partial charge in [0.05, 0.1) is 11.0 Å². The Morgan fingerprint density at radius 3 is 2.29 bits per heavy atom. The molecule has 2 saturated heterocycles. The second-order valence-electron chi connectivity index (χ2n) is 5.52. The Bertz CT molecular complexity index is 684. The Morgan fingerprint density at radius 2 is 1.71 bits per heavy atom. The van der Waals surface area contributed by atoms with Crippen molar-refractivity contribution in [2.24, 2.45) is 5.92 Å². The second kappa shape index (κ2) is 6.24. The van der Waals surface area contributed by atoms with E-state index in [0.717, 1.165) is 0 Å². The molecule has 0 saturated carbocycles. The largest absolute Gasteiger partial charge is 0.365 e. The molecule has 0 spiro atoms. The van der Waals surface area contributed by atoms with Crippen LogP contribution in [0.15, 0.2) is 24.3 Å². The number of rotatable bonds is 3. The summed E-state index contributed by atoms with van der Waals surface area (Å²) < 4.78 is 0. The zero-order chi connectivity index (χ0) is 17.3. The van der Waals surface area contributed by atoms with E-state index in [4.69, 9.17) is 0 Å². The van der Waals surface area contributed by atoms with Crippen LogP contribution in [0, 0.1) is 16.0 Å². The van der Waals surface area contributed by atoms with E-state index in [0.29, 0.717) is 25.3 Å². The van der Waals surface area contributed by atoms with Crippen molar-refractivity contribution >= 4 is 29.2 Å². The number of hydrogen-bond acceptors (Lipinski definition) is 7. The summed E-state index contributed by atoms with van der Waals surface area (Å²) in [6.45, 7) is 1.53. The highest BCUT2D eigenvalue weighted by molar-refractivity contribution is 6.16. The first-order valence-corrected chi connectivity index (χ1v) is 7.35. The average Bonchev–Trinajstić information content (AvgIpc) is 2.54. The molecule has 2 heterocycles. The predicted octanol–water partition coefficient (Wildman–Crippen LogP) is -0.645. The van der Waals surface area contributed by atoms with Crippen molar-refractivity contribution in [2.45, 2.75) is 6.04 Å². The van der Waals surface area contributed by atoms with Crippen LogP contribution in [0.5, 0.6) is 0 Å². The van der Waals surface area contributed by atoms with Gasteiger partial charge in [0, 0.05) is 37.5 Å². The molecule has 126 valence electrons. The fraction of sp³-hybridized carbons (Fsp3) is 0.357. The lowest BCUT2D eigenvalue weighted by Gasteiger charge is -2.41. The van der Waals surface area contributed by atoms with E-state index in [9.17, 15) is 24.5 Å². The van der Waals surface area contributed by atoms with Crippen LogP contribution in [-0.2, 0) is 9.59 Å². The van der Waals surface area contributed by atoms with Gasteiger partial charge in [-0.15, -0.1) is 0 Å². The second-order valence-corrected chi connectivity index (χ2v) is 5.52. The summed E-state index contributed by atoms with van der Waals surface area (Å²) in [7, 11) is 0. The quantitative estimate of drug-likeness (QED) is 0.380. The number of anilines is 1. The number of nitrogens with zero attached hydrogens (tertiary/aromatic N) is 2. The number of barbiturate groups is 1. The number of non-ortho nitro benzene ring substituents is 1. The maximum Gasteiger partial charge on any atom is 0.328 e. The molecule has 2 aliphatic rings. The number of benzene rings is 1. The number of piperazine rings is 1. The molecule has 4 amide bonds. The average molecular weight is 333 g/mol. The molecule has 1 aromatic carbocycles. The lowest BCUT2D eigenvalue weighted by Crippen LogP contribution is -2.65. The van der Waals surface area contributed by atoms with Gasteiger partial charge in [-0.25, -0.2) is 4.79 Å². The molecule has 1 atom stereocenters. The summed E-state index contributed by atoms with van der Waals surface area (Å²) in [5, 5.41) is 18.1. The number of carbonyl (C=O) groups excluding carboxylic acids is 3. The van der Waals surface area contributed by atoms with Crippen LogP contribution in [0.1, 0.15) is 0 Å². The SMILES string of the molecule is O=C1NC(=O)C(C2CNCCN2c2ccc([N+](=O)[O-])cc2)C(=O)N1. The number of nitro benzene ring substituents is 1. The van der Waals surface area contributed by atoms with E-state index in [1.807, 2.05) is 4.90 Å². The van der Waals surface area contributed by atoms with Crippen LogP contribution in [0.2, 0.25) is 0 Å². The van der Waals surface area contributed by atoms with E-state index < -0.39 is 34.7 Å². The van der Waals surface area contributed by atoms with E-state index >= 15 is 0 Å². The summed E-state index contributed by atoms with van der Waals surface area (Å²) in [5.74, 6) is -2.35. The number of urea groups is 1. The molecule has 24 heavy (non-hydrogen) atoms. The molecule has 10 heteroatoms. The Morgan fingerprint density at radius 1 is 1.08 bits per heavy atom. The van der Waals surface area contributed by atoms with E-state index in [-0.39, 0.29) is 5.69 Å². The molecule has 2 fully saturated rings. The molecule has 3 N–H and O–H groups in total. The highest BCUT2D eigenvalue weighted by atomic mass is 16.6. The maximum atomic E-state index is 12.1. The zero-order valence-electron chi connectivity index (χ0n) is 12.5. The number of nitro groups is 1. The van der Waals surface area contributed by atoms with Crippen molar-refractivity contribution in [3.05, 3.63) is 34.4 Å². The fourth-order valence-electron chi connectivity index (χ4n) is 2.99. The predicted molar refractivity (Wildman–Crippen MR) is 82.3 cm³/mol. The molecular weight excluding hydrogens is 318 g/mol. The monoisotopic (exact) mass is 333 g/mol. The van der Waals surface area contributed by atoms with Crippen molar-refractivity contribution < 1.29 is 19.3 Å². The first-order valence-electron chi connectivity index (χ1n) is 7.35. The molecular formula is C14H15N5O5. The number of nitrogens with one attached hydrogen (secondary N) is 3. The van der Waals surface area contributed by atoms with Crippen LogP contribution < -0.4 is 20.9 Å². The van der Waals surface area contributed by atoms with Gasteiger partial charge in [-0.2, -0.15) is 0 Å². The first-order chi connectivity index (χ1) is 11.5. The van der Waals surface area contributed by atoms with Gasteiger partial charge < -0.3 is 10.2 Å². The molecule has 0 aliphatic carbocycles. The van der Waals surface area contributed by atoms with E-state index in [2.05, 4.69) is 16.0 Å². The van der Waals surface area contributed by atoms with Gasteiger partial charge in [0.2, 0.25) is 11.8 Å². The Labute approximate surface area is 136 Å². The summed E-state index contributed by atoms with van der Waals surface area (Å²) in [6.07, 6.45) is 0. The number of amides is 4. The summed E-state index contributed by atoms with van der Waals surface area (Å²) in [5.41, 5.74) is 0.633. The Balaban J connectivity index is 1.88. The molecule has 3 rings (SSSR count).